The first-order valence-corrected chi connectivity index (χ1v) is 5.43. The van der Waals surface area contributed by atoms with Crippen molar-refractivity contribution in [3.63, 3.8) is 0 Å². The smallest absolute Gasteiger partial charge is 0.0445 e. The van der Waals surface area contributed by atoms with Crippen molar-refractivity contribution >= 4 is 0 Å². The molecule has 1 rings (SSSR count). The van der Waals surface area contributed by atoms with Gasteiger partial charge in [0, 0.05) is 12.6 Å². The average Bonchev–Trinajstić information content (AvgIpc) is 2.19. The zero-order chi connectivity index (χ0) is 9.52. The predicted octanol–water partition coefficient (Wildman–Crippen LogP) is 0.346. The third-order valence-corrected chi connectivity index (χ3v) is 2.81. The zero-order valence-electron chi connectivity index (χ0n) is 8.55. The van der Waals surface area contributed by atoms with Gasteiger partial charge in [-0.25, -0.2) is 0 Å². The summed E-state index contributed by atoms with van der Waals surface area (Å²) in [7, 11) is 0. The number of nitrogens with one attached hydrogen (secondary N) is 2. The molecule has 0 bridgehead atoms. The van der Waals surface area contributed by atoms with E-state index in [0.29, 0.717) is 18.6 Å². The molecule has 1 fully saturated rings. The highest BCUT2D eigenvalue weighted by molar-refractivity contribution is 4.80. The summed E-state index contributed by atoms with van der Waals surface area (Å²) in [6, 6.07) is 0.503. The molecule has 0 aliphatic carbocycles. The van der Waals surface area contributed by atoms with Gasteiger partial charge >= 0.3 is 0 Å². The van der Waals surface area contributed by atoms with Gasteiger partial charge in [0.25, 0.3) is 0 Å². The van der Waals surface area contributed by atoms with Crippen LogP contribution >= 0.6 is 0 Å². The van der Waals surface area contributed by atoms with Gasteiger partial charge < -0.3 is 15.7 Å². The van der Waals surface area contributed by atoms with E-state index < -0.39 is 0 Å². The van der Waals surface area contributed by atoms with Crippen LogP contribution in [-0.4, -0.2) is 37.4 Å². The molecule has 13 heavy (non-hydrogen) atoms. The summed E-state index contributed by atoms with van der Waals surface area (Å²) < 4.78 is 0. The molecule has 1 aliphatic heterocycles. The summed E-state index contributed by atoms with van der Waals surface area (Å²) in [6.07, 6.45) is 3.46. The van der Waals surface area contributed by atoms with Gasteiger partial charge in [-0.2, -0.15) is 0 Å². The van der Waals surface area contributed by atoms with Gasteiger partial charge in [-0.15, -0.1) is 0 Å². The SMILES string of the molecule is CCNC(CCO)C1CCCNC1. The largest absolute Gasteiger partial charge is 0.396 e. The lowest BCUT2D eigenvalue weighted by molar-refractivity contribution is 0.216. The fourth-order valence-corrected chi connectivity index (χ4v) is 2.13. The second-order valence-electron chi connectivity index (χ2n) is 3.78. The second kappa shape index (κ2) is 6.35. The summed E-state index contributed by atoms with van der Waals surface area (Å²) in [4.78, 5) is 0. The molecule has 0 aromatic rings. The Morgan fingerprint density at radius 3 is 3.00 bits per heavy atom. The molecule has 78 valence electrons. The van der Waals surface area contributed by atoms with Crippen LogP contribution in [0.15, 0.2) is 0 Å². The predicted molar refractivity (Wildman–Crippen MR) is 54.8 cm³/mol. The Morgan fingerprint density at radius 2 is 2.46 bits per heavy atom. The summed E-state index contributed by atoms with van der Waals surface area (Å²) in [5, 5.41) is 15.8. The third kappa shape index (κ3) is 3.63. The van der Waals surface area contributed by atoms with Crippen LogP contribution in [0, 0.1) is 5.92 Å². The van der Waals surface area contributed by atoms with Gasteiger partial charge in [-0.3, -0.25) is 0 Å². The molecule has 2 atom stereocenters. The van der Waals surface area contributed by atoms with Crippen molar-refractivity contribution in [3.8, 4) is 0 Å². The molecule has 3 nitrogen and oxygen atoms in total. The molecule has 0 saturated carbocycles. The van der Waals surface area contributed by atoms with Crippen molar-refractivity contribution in [2.75, 3.05) is 26.2 Å². The summed E-state index contributed by atoms with van der Waals surface area (Å²) in [6.45, 7) is 5.70. The van der Waals surface area contributed by atoms with Crippen LogP contribution in [0.25, 0.3) is 0 Å². The number of aliphatic hydroxyl groups is 1. The quantitative estimate of drug-likeness (QED) is 0.580. The summed E-state index contributed by atoms with van der Waals surface area (Å²) in [5.74, 6) is 0.709. The molecule has 0 aromatic heterocycles. The van der Waals surface area contributed by atoms with Crippen molar-refractivity contribution in [1.82, 2.24) is 10.6 Å². The summed E-state index contributed by atoms with van der Waals surface area (Å²) >= 11 is 0. The van der Waals surface area contributed by atoms with Gasteiger partial charge in [-0.05, 0) is 44.8 Å². The third-order valence-electron chi connectivity index (χ3n) is 2.81. The molecule has 3 heteroatoms. The van der Waals surface area contributed by atoms with E-state index in [-0.39, 0.29) is 0 Å². The maximum absolute atomic E-state index is 8.93. The lowest BCUT2D eigenvalue weighted by Crippen LogP contribution is -2.44. The van der Waals surface area contributed by atoms with Crippen LogP contribution in [0.5, 0.6) is 0 Å². The van der Waals surface area contributed by atoms with Gasteiger partial charge in [0.15, 0.2) is 0 Å². The van der Waals surface area contributed by atoms with Crippen LogP contribution in [0.2, 0.25) is 0 Å². The minimum Gasteiger partial charge on any atom is -0.396 e. The minimum atomic E-state index is 0.300. The van der Waals surface area contributed by atoms with Gasteiger partial charge in [0.05, 0.1) is 0 Å². The topological polar surface area (TPSA) is 44.3 Å². The highest BCUT2D eigenvalue weighted by Crippen LogP contribution is 2.16. The monoisotopic (exact) mass is 186 g/mol. The molecule has 0 radical (unpaired) electrons. The maximum atomic E-state index is 8.93. The molecular weight excluding hydrogens is 164 g/mol. The van der Waals surface area contributed by atoms with Gasteiger partial charge in [0.2, 0.25) is 0 Å². The molecule has 1 heterocycles. The number of aliphatic hydroxyl groups excluding tert-OH is 1. The zero-order valence-corrected chi connectivity index (χ0v) is 8.55. The van der Waals surface area contributed by atoms with E-state index in [4.69, 9.17) is 5.11 Å². The number of rotatable bonds is 5. The molecule has 2 unspecified atom stereocenters. The van der Waals surface area contributed by atoms with E-state index in [1.165, 1.54) is 12.8 Å². The molecule has 0 aromatic carbocycles. The van der Waals surface area contributed by atoms with Crippen molar-refractivity contribution in [2.45, 2.75) is 32.2 Å². The van der Waals surface area contributed by atoms with E-state index in [0.717, 1.165) is 26.1 Å². The molecule has 3 N–H and O–H groups in total. The lowest BCUT2D eigenvalue weighted by atomic mass is 9.90. The van der Waals surface area contributed by atoms with E-state index in [9.17, 15) is 0 Å². The van der Waals surface area contributed by atoms with Crippen LogP contribution in [0.1, 0.15) is 26.2 Å². The maximum Gasteiger partial charge on any atom is 0.0445 e. The second-order valence-corrected chi connectivity index (χ2v) is 3.78. The Kier molecular flexibility index (Phi) is 5.35. The number of hydrogen-bond acceptors (Lipinski definition) is 3. The van der Waals surface area contributed by atoms with Gasteiger partial charge in [0.1, 0.15) is 0 Å². The van der Waals surface area contributed by atoms with E-state index in [1.807, 2.05) is 0 Å². The Morgan fingerprint density at radius 1 is 1.62 bits per heavy atom. The Hall–Kier alpha value is -0.120. The van der Waals surface area contributed by atoms with Crippen LogP contribution in [0.4, 0.5) is 0 Å². The fraction of sp³-hybridized carbons (Fsp3) is 1.00. The van der Waals surface area contributed by atoms with Gasteiger partial charge in [-0.1, -0.05) is 6.92 Å². The molecule has 1 aliphatic rings. The number of piperidine rings is 1. The minimum absolute atomic E-state index is 0.300. The first-order chi connectivity index (χ1) is 6.38. The molecular formula is C10H22N2O. The molecule has 0 spiro atoms. The average molecular weight is 186 g/mol. The van der Waals surface area contributed by atoms with E-state index in [2.05, 4.69) is 17.6 Å². The molecule has 0 amide bonds. The Labute approximate surface area is 80.9 Å². The number of hydrogen-bond donors (Lipinski definition) is 3. The fourth-order valence-electron chi connectivity index (χ4n) is 2.13. The van der Waals surface area contributed by atoms with E-state index >= 15 is 0 Å². The van der Waals surface area contributed by atoms with Crippen LogP contribution in [0.3, 0.4) is 0 Å². The first kappa shape index (κ1) is 11.0. The molecule has 1 saturated heterocycles. The van der Waals surface area contributed by atoms with E-state index in [1.54, 1.807) is 0 Å². The Balaban J connectivity index is 2.32. The Bertz CT molecular complexity index is 118. The standard InChI is InChI=1S/C10H22N2O/c1-2-12-10(5-7-13)9-4-3-6-11-8-9/h9-13H,2-8H2,1H3. The highest BCUT2D eigenvalue weighted by atomic mass is 16.3. The van der Waals surface area contributed by atoms with Crippen molar-refractivity contribution in [3.05, 3.63) is 0 Å². The van der Waals surface area contributed by atoms with Crippen molar-refractivity contribution < 1.29 is 5.11 Å². The van der Waals surface area contributed by atoms with Crippen molar-refractivity contribution in [2.24, 2.45) is 5.92 Å². The van der Waals surface area contributed by atoms with Crippen molar-refractivity contribution in [1.29, 1.82) is 0 Å². The van der Waals surface area contributed by atoms with Crippen LogP contribution < -0.4 is 10.6 Å². The lowest BCUT2D eigenvalue weighted by Gasteiger charge is -2.31. The normalized spacial score (nSPS) is 25.8. The summed E-state index contributed by atoms with van der Waals surface area (Å²) in [5.41, 5.74) is 0. The first-order valence-electron chi connectivity index (χ1n) is 5.43. The highest BCUT2D eigenvalue weighted by Gasteiger charge is 2.21. The van der Waals surface area contributed by atoms with Crippen LogP contribution in [-0.2, 0) is 0 Å².